The Morgan fingerprint density at radius 3 is 2.43 bits per heavy atom. The van der Waals surface area contributed by atoms with Crippen molar-refractivity contribution < 1.29 is 13.5 Å². The Morgan fingerprint density at radius 2 is 2.00 bits per heavy atom. The van der Waals surface area contributed by atoms with Gasteiger partial charge in [-0.2, -0.15) is 0 Å². The Balaban J connectivity index is 3.76. The van der Waals surface area contributed by atoms with E-state index in [9.17, 15) is 13.5 Å². The van der Waals surface area contributed by atoms with Crippen LogP contribution < -0.4 is 5.32 Å². The zero-order valence-corrected chi connectivity index (χ0v) is 10.0. The van der Waals surface area contributed by atoms with E-state index in [1.807, 2.05) is 6.92 Å². The van der Waals surface area contributed by atoms with Crippen LogP contribution in [-0.4, -0.2) is 44.2 Å². The van der Waals surface area contributed by atoms with Gasteiger partial charge in [0.1, 0.15) is 9.84 Å². The predicted molar refractivity (Wildman–Crippen MR) is 58.1 cm³/mol. The molecular weight excluding hydrogens is 202 g/mol. The molecular formula is C9H21NO3S. The van der Waals surface area contributed by atoms with Gasteiger partial charge in [-0.3, -0.25) is 0 Å². The Bertz CT molecular complexity index is 247. The molecule has 0 bridgehead atoms. The molecule has 4 nitrogen and oxygen atoms in total. The predicted octanol–water partition coefficient (Wildman–Crippen LogP) is 0.172. The Kier molecular flexibility index (Phi) is 5.63. The third-order valence-corrected chi connectivity index (χ3v) is 3.02. The summed E-state index contributed by atoms with van der Waals surface area (Å²) in [6, 6.07) is 0. The van der Waals surface area contributed by atoms with E-state index in [-0.39, 0.29) is 5.75 Å². The molecule has 0 aromatic carbocycles. The molecule has 0 aliphatic carbocycles. The van der Waals surface area contributed by atoms with E-state index in [4.69, 9.17) is 0 Å². The largest absolute Gasteiger partial charge is 0.389 e. The van der Waals surface area contributed by atoms with E-state index >= 15 is 0 Å². The minimum atomic E-state index is -2.90. The van der Waals surface area contributed by atoms with Crippen LogP contribution in [0.3, 0.4) is 0 Å². The zero-order chi connectivity index (χ0) is 11.2. The quantitative estimate of drug-likeness (QED) is 0.646. The lowest BCUT2D eigenvalue weighted by atomic mass is 10.0. The van der Waals surface area contributed by atoms with E-state index in [1.165, 1.54) is 6.26 Å². The first-order valence-corrected chi connectivity index (χ1v) is 6.94. The van der Waals surface area contributed by atoms with Gasteiger partial charge in [-0.1, -0.05) is 6.92 Å². The highest BCUT2D eigenvalue weighted by atomic mass is 32.2. The van der Waals surface area contributed by atoms with Gasteiger partial charge in [0.05, 0.1) is 5.60 Å². The maximum Gasteiger partial charge on any atom is 0.147 e. The molecule has 0 rings (SSSR count). The summed E-state index contributed by atoms with van der Waals surface area (Å²) >= 11 is 0. The van der Waals surface area contributed by atoms with Gasteiger partial charge in [0.2, 0.25) is 0 Å². The van der Waals surface area contributed by atoms with Crippen LogP contribution in [-0.2, 0) is 9.84 Å². The fourth-order valence-electron chi connectivity index (χ4n) is 1.20. The fraction of sp³-hybridized carbons (Fsp3) is 1.00. The molecule has 0 aliphatic heterocycles. The van der Waals surface area contributed by atoms with Crippen molar-refractivity contribution in [3.05, 3.63) is 0 Å². The van der Waals surface area contributed by atoms with Crippen LogP contribution in [0.1, 0.15) is 26.7 Å². The standard InChI is InChI=1S/C9H21NO3S/c1-4-10-8-9(2,11)6-5-7-14(3,12)13/h10-11H,4-8H2,1-3H3. The smallest absolute Gasteiger partial charge is 0.147 e. The first-order valence-electron chi connectivity index (χ1n) is 4.88. The van der Waals surface area contributed by atoms with Crippen LogP contribution in [0, 0.1) is 0 Å². The van der Waals surface area contributed by atoms with Crippen LogP contribution in [0.2, 0.25) is 0 Å². The van der Waals surface area contributed by atoms with Crippen LogP contribution in [0.15, 0.2) is 0 Å². The molecule has 0 saturated carbocycles. The van der Waals surface area contributed by atoms with Gasteiger partial charge in [0, 0.05) is 18.6 Å². The normalized spacial score (nSPS) is 16.6. The highest BCUT2D eigenvalue weighted by Gasteiger charge is 2.19. The number of nitrogens with one attached hydrogen (secondary N) is 1. The average Bonchev–Trinajstić information content (AvgIpc) is 1.98. The summed E-state index contributed by atoms with van der Waals surface area (Å²) in [5.74, 6) is 0.148. The molecule has 86 valence electrons. The van der Waals surface area contributed by atoms with Crippen molar-refractivity contribution in [2.75, 3.05) is 25.1 Å². The number of aliphatic hydroxyl groups is 1. The average molecular weight is 223 g/mol. The fourth-order valence-corrected chi connectivity index (χ4v) is 1.87. The Morgan fingerprint density at radius 1 is 1.43 bits per heavy atom. The van der Waals surface area contributed by atoms with Crippen molar-refractivity contribution in [3.63, 3.8) is 0 Å². The van der Waals surface area contributed by atoms with Gasteiger partial charge in [0.15, 0.2) is 0 Å². The number of rotatable bonds is 7. The van der Waals surface area contributed by atoms with E-state index in [2.05, 4.69) is 5.32 Å². The molecule has 0 saturated heterocycles. The molecule has 0 aromatic heterocycles. The van der Waals surface area contributed by atoms with Gasteiger partial charge >= 0.3 is 0 Å². The molecule has 0 fully saturated rings. The summed E-state index contributed by atoms with van der Waals surface area (Å²) in [6.45, 7) is 5.00. The lowest BCUT2D eigenvalue weighted by molar-refractivity contribution is 0.0509. The van der Waals surface area contributed by atoms with Crippen molar-refractivity contribution in [1.29, 1.82) is 0 Å². The van der Waals surface area contributed by atoms with Gasteiger partial charge in [-0.25, -0.2) is 8.42 Å². The van der Waals surface area contributed by atoms with Gasteiger partial charge in [-0.15, -0.1) is 0 Å². The topological polar surface area (TPSA) is 66.4 Å². The first kappa shape index (κ1) is 13.9. The molecule has 2 N–H and O–H groups in total. The second-order valence-corrected chi connectivity index (χ2v) is 6.27. The SMILES string of the molecule is CCNCC(C)(O)CCCS(C)(=O)=O. The lowest BCUT2D eigenvalue weighted by Gasteiger charge is -2.23. The van der Waals surface area contributed by atoms with Crippen molar-refractivity contribution in [3.8, 4) is 0 Å². The van der Waals surface area contributed by atoms with E-state index < -0.39 is 15.4 Å². The van der Waals surface area contributed by atoms with Crippen molar-refractivity contribution >= 4 is 9.84 Å². The molecule has 0 radical (unpaired) electrons. The summed E-state index contributed by atoms with van der Waals surface area (Å²) in [7, 11) is -2.90. The monoisotopic (exact) mass is 223 g/mol. The molecule has 0 amide bonds. The molecule has 1 unspecified atom stereocenters. The van der Waals surface area contributed by atoms with Crippen LogP contribution >= 0.6 is 0 Å². The number of sulfone groups is 1. The summed E-state index contributed by atoms with van der Waals surface area (Å²) in [5, 5.41) is 12.8. The van der Waals surface area contributed by atoms with Crippen molar-refractivity contribution in [1.82, 2.24) is 5.32 Å². The summed E-state index contributed by atoms with van der Waals surface area (Å²) in [6.07, 6.45) is 2.23. The highest BCUT2D eigenvalue weighted by molar-refractivity contribution is 7.90. The molecule has 0 spiro atoms. The Labute approximate surface area is 86.6 Å². The number of hydrogen-bond acceptors (Lipinski definition) is 4. The van der Waals surface area contributed by atoms with Crippen LogP contribution in [0.4, 0.5) is 0 Å². The van der Waals surface area contributed by atoms with Gasteiger partial charge < -0.3 is 10.4 Å². The minimum Gasteiger partial charge on any atom is -0.389 e. The number of hydrogen-bond donors (Lipinski definition) is 2. The van der Waals surface area contributed by atoms with Crippen molar-refractivity contribution in [2.45, 2.75) is 32.3 Å². The van der Waals surface area contributed by atoms with Gasteiger partial charge in [0.25, 0.3) is 0 Å². The lowest BCUT2D eigenvalue weighted by Crippen LogP contribution is -2.38. The third kappa shape index (κ3) is 8.47. The minimum absolute atomic E-state index is 0.148. The van der Waals surface area contributed by atoms with Crippen LogP contribution in [0.25, 0.3) is 0 Å². The zero-order valence-electron chi connectivity index (χ0n) is 9.21. The maximum atomic E-state index is 10.8. The summed E-state index contributed by atoms with van der Waals surface area (Å²) < 4.78 is 21.7. The van der Waals surface area contributed by atoms with E-state index in [0.29, 0.717) is 19.4 Å². The van der Waals surface area contributed by atoms with E-state index in [0.717, 1.165) is 6.54 Å². The van der Waals surface area contributed by atoms with Crippen LogP contribution in [0.5, 0.6) is 0 Å². The van der Waals surface area contributed by atoms with Gasteiger partial charge in [-0.05, 0) is 26.3 Å². The summed E-state index contributed by atoms with van der Waals surface area (Å²) in [5.41, 5.74) is -0.805. The number of likely N-dealkylation sites (N-methyl/N-ethyl adjacent to an activating group) is 1. The third-order valence-electron chi connectivity index (χ3n) is 1.99. The molecule has 0 heterocycles. The molecule has 0 aliphatic rings. The maximum absolute atomic E-state index is 10.8. The highest BCUT2D eigenvalue weighted by Crippen LogP contribution is 2.11. The molecule has 5 heteroatoms. The summed E-state index contributed by atoms with van der Waals surface area (Å²) in [4.78, 5) is 0. The molecule has 14 heavy (non-hydrogen) atoms. The first-order chi connectivity index (χ1) is 6.27. The molecule has 1 atom stereocenters. The second kappa shape index (κ2) is 5.68. The Hall–Kier alpha value is -0.130. The van der Waals surface area contributed by atoms with Crippen molar-refractivity contribution in [2.24, 2.45) is 0 Å². The van der Waals surface area contributed by atoms with E-state index in [1.54, 1.807) is 6.92 Å². The second-order valence-electron chi connectivity index (χ2n) is 4.01. The molecule has 0 aromatic rings.